The van der Waals surface area contributed by atoms with Crippen LogP contribution >= 0.6 is 15.9 Å². The molecule has 1 heterocycles. The minimum absolute atomic E-state index is 0.193. The van der Waals surface area contributed by atoms with Crippen molar-refractivity contribution in [3.8, 4) is 5.69 Å². The summed E-state index contributed by atoms with van der Waals surface area (Å²) in [6, 6.07) is 16.9. The van der Waals surface area contributed by atoms with E-state index in [-0.39, 0.29) is 18.6 Å². The highest BCUT2D eigenvalue weighted by molar-refractivity contribution is 9.10. The molecule has 0 bridgehead atoms. The van der Waals surface area contributed by atoms with Gasteiger partial charge in [0, 0.05) is 4.47 Å². The molecule has 1 aromatic heterocycles. The minimum atomic E-state index is -0.578. The Morgan fingerprint density at radius 3 is 2.50 bits per heavy atom. The number of halogens is 1. The van der Waals surface area contributed by atoms with Crippen molar-refractivity contribution in [2.24, 2.45) is 0 Å². The van der Waals surface area contributed by atoms with E-state index in [1.807, 2.05) is 61.5 Å². The third-order valence-corrected chi connectivity index (χ3v) is 4.84. The summed E-state index contributed by atoms with van der Waals surface area (Å²) in [6.45, 7) is 3.30. The van der Waals surface area contributed by atoms with Gasteiger partial charge in [-0.1, -0.05) is 46.3 Å². The third-order valence-electron chi connectivity index (χ3n) is 4.31. The van der Waals surface area contributed by atoms with E-state index < -0.39 is 5.97 Å². The zero-order valence-electron chi connectivity index (χ0n) is 15.6. The zero-order valence-corrected chi connectivity index (χ0v) is 17.1. The molecule has 0 radical (unpaired) electrons. The van der Waals surface area contributed by atoms with Gasteiger partial charge in [-0.25, -0.2) is 9.48 Å². The molecule has 0 aliphatic carbocycles. The molecule has 6 nitrogen and oxygen atoms in total. The lowest BCUT2D eigenvalue weighted by Gasteiger charge is -2.14. The molecule has 2 aromatic carbocycles. The van der Waals surface area contributed by atoms with Crippen LogP contribution in [0, 0.1) is 6.92 Å². The first kappa shape index (κ1) is 19.8. The Kier molecular flexibility index (Phi) is 6.26. The molecule has 0 saturated heterocycles. The summed E-state index contributed by atoms with van der Waals surface area (Å²) < 4.78 is 7.79. The quantitative estimate of drug-likeness (QED) is 0.587. The number of hydrogen-bond acceptors (Lipinski definition) is 4. The van der Waals surface area contributed by atoms with Gasteiger partial charge in [0.05, 0.1) is 23.6 Å². The Labute approximate surface area is 171 Å². The predicted octanol–water partition coefficient (Wildman–Crippen LogP) is 3.98. The van der Waals surface area contributed by atoms with Crippen molar-refractivity contribution >= 4 is 27.8 Å². The molecule has 0 aliphatic heterocycles. The lowest BCUT2D eigenvalue weighted by molar-refractivity contribution is -0.124. The summed E-state index contributed by atoms with van der Waals surface area (Å²) in [6.07, 6.45) is 1.45. The van der Waals surface area contributed by atoms with Gasteiger partial charge < -0.3 is 10.1 Å². The molecule has 3 aromatic rings. The number of ether oxygens (including phenoxy) is 1. The van der Waals surface area contributed by atoms with Crippen LogP contribution in [0.1, 0.15) is 34.6 Å². The summed E-state index contributed by atoms with van der Waals surface area (Å²) in [5, 5.41) is 7.06. The number of nitrogens with zero attached hydrogens (tertiary/aromatic N) is 2. The Hall–Kier alpha value is -2.93. The maximum Gasteiger partial charge on any atom is 0.342 e. The summed E-state index contributed by atoms with van der Waals surface area (Å²) in [4.78, 5) is 24.5. The number of benzene rings is 2. The number of hydrogen-bond donors (Lipinski definition) is 1. The van der Waals surface area contributed by atoms with Crippen LogP contribution in [0.2, 0.25) is 0 Å². The van der Waals surface area contributed by atoms with E-state index in [9.17, 15) is 9.59 Å². The zero-order chi connectivity index (χ0) is 20.1. The van der Waals surface area contributed by atoms with Gasteiger partial charge in [-0.15, -0.1) is 0 Å². The summed E-state index contributed by atoms with van der Waals surface area (Å²) >= 11 is 3.38. The number of aromatic nitrogens is 2. The topological polar surface area (TPSA) is 73.2 Å². The third kappa shape index (κ3) is 4.67. The van der Waals surface area contributed by atoms with Crippen molar-refractivity contribution in [1.29, 1.82) is 0 Å². The van der Waals surface area contributed by atoms with Gasteiger partial charge in [0.1, 0.15) is 5.56 Å². The van der Waals surface area contributed by atoms with Crippen LogP contribution in [-0.2, 0) is 9.53 Å². The Morgan fingerprint density at radius 1 is 1.14 bits per heavy atom. The molecule has 0 saturated carbocycles. The normalized spacial score (nSPS) is 11.7. The van der Waals surface area contributed by atoms with E-state index in [1.54, 1.807) is 11.6 Å². The second-order valence-electron chi connectivity index (χ2n) is 6.31. The molecule has 1 atom stereocenters. The van der Waals surface area contributed by atoms with Crippen molar-refractivity contribution in [2.75, 3.05) is 6.61 Å². The SMILES string of the molecule is Cc1c(C(=O)OCC(=O)NC(C)c2ccc(Br)cc2)cnn1-c1ccccc1. The van der Waals surface area contributed by atoms with Gasteiger partial charge in [-0.2, -0.15) is 5.10 Å². The maximum absolute atomic E-state index is 12.3. The van der Waals surface area contributed by atoms with Crippen molar-refractivity contribution in [3.63, 3.8) is 0 Å². The highest BCUT2D eigenvalue weighted by atomic mass is 79.9. The molecule has 1 N–H and O–H groups in total. The average Bonchev–Trinajstić information content (AvgIpc) is 3.08. The second-order valence-corrected chi connectivity index (χ2v) is 7.22. The summed E-state index contributed by atoms with van der Waals surface area (Å²) in [7, 11) is 0. The molecular weight excluding hydrogens is 422 g/mol. The Bertz CT molecular complexity index is 968. The van der Waals surface area contributed by atoms with Gasteiger partial charge in [-0.05, 0) is 43.7 Å². The number of carbonyl (C=O) groups excluding carboxylic acids is 2. The molecule has 7 heteroatoms. The van der Waals surface area contributed by atoms with E-state index in [2.05, 4.69) is 26.3 Å². The van der Waals surface area contributed by atoms with Crippen molar-refractivity contribution in [1.82, 2.24) is 15.1 Å². The van der Waals surface area contributed by atoms with E-state index in [1.165, 1.54) is 6.20 Å². The predicted molar refractivity (Wildman–Crippen MR) is 109 cm³/mol. The summed E-state index contributed by atoms with van der Waals surface area (Å²) in [5.74, 6) is -0.942. The van der Waals surface area contributed by atoms with Crippen LogP contribution in [0.15, 0.2) is 65.3 Å². The number of carbonyl (C=O) groups is 2. The van der Waals surface area contributed by atoms with E-state index >= 15 is 0 Å². The minimum Gasteiger partial charge on any atom is -0.452 e. The van der Waals surface area contributed by atoms with E-state index in [0.29, 0.717) is 11.3 Å². The molecule has 144 valence electrons. The molecule has 1 amide bonds. The van der Waals surface area contributed by atoms with Crippen molar-refractivity contribution in [3.05, 3.63) is 82.1 Å². The first-order valence-corrected chi connectivity index (χ1v) is 9.57. The molecule has 0 fully saturated rings. The van der Waals surface area contributed by atoms with Gasteiger partial charge in [0.25, 0.3) is 5.91 Å². The number of amides is 1. The molecule has 0 aliphatic rings. The molecule has 0 spiro atoms. The Morgan fingerprint density at radius 2 is 1.82 bits per heavy atom. The fourth-order valence-electron chi connectivity index (χ4n) is 2.77. The molecule has 28 heavy (non-hydrogen) atoms. The number of rotatable bonds is 6. The Balaban J connectivity index is 1.57. The van der Waals surface area contributed by atoms with Gasteiger partial charge in [-0.3, -0.25) is 4.79 Å². The number of para-hydroxylation sites is 1. The van der Waals surface area contributed by atoms with Gasteiger partial charge in [0.2, 0.25) is 0 Å². The van der Waals surface area contributed by atoms with Crippen LogP contribution < -0.4 is 5.32 Å². The van der Waals surface area contributed by atoms with Crippen molar-refractivity contribution in [2.45, 2.75) is 19.9 Å². The van der Waals surface area contributed by atoms with Gasteiger partial charge >= 0.3 is 5.97 Å². The van der Waals surface area contributed by atoms with Gasteiger partial charge in [0.15, 0.2) is 6.61 Å². The van der Waals surface area contributed by atoms with Crippen molar-refractivity contribution < 1.29 is 14.3 Å². The monoisotopic (exact) mass is 441 g/mol. The smallest absolute Gasteiger partial charge is 0.342 e. The fraction of sp³-hybridized carbons (Fsp3) is 0.190. The summed E-state index contributed by atoms with van der Waals surface area (Å²) in [5.41, 5.74) is 2.79. The lowest BCUT2D eigenvalue weighted by atomic mass is 10.1. The molecular formula is C21H20BrN3O3. The van der Waals surface area contributed by atoms with E-state index in [4.69, 9.17) is 4.74 Å². The largest absolute Gasteiger partial charge is 0.452 e. The van der Waals surface area contributed by atoms with Crippen LogP contribution in [0.5, 0.6) is 0 Å². The molecule has 1 unspecified atom stereocenters. The first-order chi connectivity index (χ1) is 13.5. The van der Waals surface area contributed by atoms with Crippen LogP contribution in [0.25, 0.3) is 5.69 Å². The van der Waals surface area contributed by atoms with Crippen LogP contribution in [0.4, 0.5) is 0 Å². The molecule has 3 rings (SSSR count). The highest BCUT2D eigenvalue weighted by Gasteiger charge is 2.18. The van der Waals surface area contributed by atoms with Crippen LogP contribution in [-0.4, -0.2) is 28.3 Å². The second kappa shape index (κ2) is 8.84. The standard InChI is InChI=1S/C21H20BrN3O3/c1-14(16-8-10-17(22)11-9-16)24-20(26)13-28-21(27)19-12-23-25(15(19)2)18-6-4-3-5-7-18/h3-12,14H,13H2,1-2H3,(H,24,26). The average molecular weight is 442 g/mol. The number of nitrogens with one attached hydrogen (secondary N) is 1. The number of esters is 1. The highest BCUT2D eigenvalue weighted by Crippen LogP contribution is 2.17. The van der Waals surface area contributed by atoms with E-state index in [0.717, 1.165) is 15.7 Å². The van der Waals surface area contributed by atoms with Crippen LogP contribution in [0.3, 0.4) is 0 Å². The fourth-order valence-corrected chi connectivity index (χ4v) is 3.03. The first-order valence-electron chi connectivity index (χ1n) is 8.77. The lowest BCUT2D eigenvalue weighted by Crippen LogP contribution is -2.31. The maximum atomic E-state index is 12.3.